The number of rotatable bonds is 2. The molecule has 19 heavy (non-hydrogen) atoms. The molecule has 0 amide bonds. The van der Waals surface area contributed by atoms with E-state index in [4.69, 9.17) is 27.9 Å². The number of nitrogens with one attached hydrogen (secondary N) is 1. The molecule has 3 nitrogen and oxygen atoms in total. The van der Waals surface area contributed by atoms with Gasteiger partial charge < -0.3 is 10.1 Å². The van der Waals surface area contributed by atoms with Gasteiger partial charge >= 0.3 is 5.97 Å². The number of hydrogen-bond acceptors (Lipinski definition) is 3. The van der Waals surface area contributed by atoms with Crippen molar-refractivity contribution in [2.24, 2.45) is 5.92 Å². The third-order valence-electron chi connectivity index (χ3n) is 3.36. The molecule has 0 aromatic heterocycles. The minimum atomic E-state index is -0.160. The molecule has 1 heterocycles. The van der Waals surface area contributed by atoms with Crippen molar-refractivity contribution in [3.8, 4) is 0 Å². The van der Waals surface area contributed by atoms with Crippen molar-refractivity contribution in [3.05, 3.63) is 33.8 Å². The van der Waals surface area contributed by atoms with Gasteiger partial charge in [0.15, 0.2) is 0 Å². The zero-order valence-corrected chi connectivity index (χ0v) is 12.8. The van der Waals surface area contributed by atoms with Crippen LogP contribution < -0.4 is 5.32 Å². The monoisotopic (exact) mass is 323 g/mol. The van der Waals surface area contributed by atoms with Gasteiger partial charge in [-0.2, -0.15) is 0 Å². The van der Waals surface area contributed by atoms with Crippen LogP contribution in [0.5, 0.6) is 0 Å². The Balaban J connectivity index is 0.00000180. The van der Waals surface area contributed by atoms with E-state index in [2.05, 4.69) is 5.32 Å². The third-order valence-corrected chi connectivity index (χ3v) is 4.10. The summed E-state index contributed by atoms with van der Waals surface area (Å²) in [5, 5.41) is 4.34. The predicted octanol–water partition coefficient (Wildman–Crippen LogP) is 3.28. The van der Waals surface area contributed by atoms with Crippen molar-refractivity contribution in [3.63, 3.8) is 0 Å². The van der Waals surface area contributed by atoms with Crippen LogP contribution in [0.2, 0.25) is 10.0 Å². The largest absolute Gasteiger partial charge is 0.469 e. The fraction of sp³-hybridized carbons (Fsp3) is 0.462. The lowest BCUT2D eigenvalue weighted by atomic mass is 9.81. The zero-order valence-electron chi connectivity index (χ0n) is 10.5. The van der Waals surface area contributed by atoms with Gasteiger partial charge in [-0.15, -0.1) is 12.4 Å². The second-order valence-corrected chi connectivity index (χ2v) is 5.22. The summed E-state index contributed by atoms with van der Waals surface area (Å²) in [6, 6.07) is 5.52. The first-order chi connectivity index (χ1) is 8.63. The molecule has 2 rings (SSSR count). The number of carbonyl (C=O) groups excluding carboxylic acids is 1. The Labute approximate surface area is 129 Å². The molecule has 0 spiro atoms. The third kappa shape index (κ3) is 3.76. The summed E-state index contributed by atoms with van der Waals surface area (Å²) in [6.07, 6.45) is 0.775. The maximum atomic E-state index is 11.8. The van der Waals surface area contributed by atoms with Crippen molar-refractivity contribution in [1.29, 1.82) is 0 Å². The highest BCUT2D eigenvalue weighted by atomic mass is 35.5. The van der Waals surface area contributed by atoms with E-state index >= 15 is 0 Å². The normalized spacial score (nSPS) is 22.5. The van der Waals surface area contributed by atoms with Crippen LogP contribution in [0, 0.1) is 5.92 Å². The van der Waals surface area contributed by atoms with Gasteiger partial charge in [0.2, 0.25) is 0 Å². The smallest absolute Gasteiger partial charge is 0.309 e. The molecule has 106 valence electrons. The van der Waals surface area contributed by atoms with Gasteiger partial charge in [0.05, 0.1) is 23.1 Å². The van der Waals surface area contributed by atoms with E-state index in [1.54, 1.807) is 6.07 Å². The Bertz CT molecular complexity index is 454. The van der Waals surface area contributed by atoms with Crippen LogP contribution in [-0.2, 0) is 9.53 Å². The average Bonchev–Trinajstić information content (AvgIpc) is 2.41. The summed E-state index contributed by atoms with van der Waals surface area (Å²) in [5.74, 6) is -0.193. The first kappa shape index (κ1) is 16.6. The van der Waals surface area contributed by atoms with Gasteiger partial charge in [-0.25, -0.2) is 0 Å². The summed E-state index contributed by atoms with van der Waals surface area (Å²) in [7, 11) is 1.43. The minimum Gasteiger partial charge on any atom is -0.469 e. The van der Waals surface area contributed by atoms with Crippen LogP contribution in [0.4, 0.5) is 0 Å². The van der Waals surface area contributed by atoms with Gasteiger partial charge in [0.1, 0.15) is 0 Å². The lowest BCUT2D eigenvalue weighted by Crippen LogP contribution is -2.39. The van der Waals surface area contributed by atoms with Crippen LogP contribution in [-0.4, -0.2) is 26.2 Å². The molecule has 1 fully saturated rings. The van der Waals surface area contributed by atoms with Crippen LogP contribution in [0.3, 0.4) is 0 Å². The lowest BCUT2D eigenvalue weighted by molar-refractivity contribution is -0.147. The summed E-state index contributed by atoms with van der Waals surface area (Å²) >= 11 is 11.9. The molecule has 1 saturated heterocycles. The predicted molar refractivity (Wildman–Crippen MR) is 79.4 cm³/mol. The maximum Gasteiger partial charge on any atom is 0.309 e. The van der Waals surface area contributed by atoms with Gasteiger partial charge in [0, 0.05) is 12.5 Å². The molecule has 1 N–H and O–H groups in total. The molecule has 0 saturated carbocycles. The Hall–Kier alpha value is -0.480. The van der Waals surface area contributed by atoms with Crippen molar-refractivity contribution in [2.45, 2.75) is 12.3 Å². The van der Waals surface area contributed by atoms with Crippen LogP contribution in [0.15, 0.2) is 18.2 Å². The van der Waals surface area contributed by atoms with E-state index in [1.807, 2.05) is 12.1 Å². The van der Waals surface area contributed by atoms with Crippen LogP contribution in [0.25, 0.3) is 0 Å². The van der Waals surface area contributed by atoms with E-state index in [9.17, 15) is 4.79 Å². The SMILES string of the molecule is COC(=O)[C@H]1CCNC[C@H]1c1ccc(Cl)c(Cl)c1.Cl. The first-order valence-corrected chi connectivity index (χ1v) is 6.62. The van der Waals surface area contributed by atoms with E-state index in [0.29, 0.717) is 10.0 Å². The van der Waals surface area contributed by atoms with E-state index in [1.165, 1.54) is 7.11 Å². The summed E-state index contributed by atoms with van der Waals surface area (Å²) < 4.78 is 4.87. The van der Waals surface area contributed by atoms with E-state index < -0.39 is 0 Å². The standard InChI is InChI=1S/C13H15Cl2NO2.ClH/c1-18-13(17)9-4-5-16-7-10(9)8-2-3-11(14)12(15)6-8;/h2-3,6,9-10,16H,4-5,7H2,1H3;1H/t9-,10-;/m0./s1. The van der Waals surface area contributed by atoms with Crippen molar-refractivity contribution in [1.82, 2.24) is 5.32 Å². The number of piperidine rings is 1. The number of esters is 1. The van der Waals surface area contributed by atoms with E-state index in [0.717, 1.165) is 25.1 Å². The van der Waals surface area contributed by atoms with Crippen LogP contribution in [0.1, 0.15) is 17.9 Å². The van der Waals surface area contributed by atoms with Crippen molar-refractivity contribution in [2.75, 3.05) is 20.2 Å². The molecule has 0 radical (unpaired) electrons. The van der Waals surface area contributed by atoms with Gasteiger partial charge in [0.25, 0.3) is 0 Å². The lowest BCUT2D eigenvalue weighted by Gasteiger charge is -2.30. The minimum absolute atomic E-state index is 0. The summed E-state index contributed by atoms with van der Waals surface area (Å²) in [5.41, 5.74) is 1.02. The molecular weight excluding hydrogens is 309 g/mol. The average molecular weight is 325 g/mol. The Morgan fingerprint density at radius 2 is 2.11 bits per heavy atom. The topological polar surface area (TPSA) is 38.3 Å². The van der Waals surface area contributed by atoms with Gasteiger partial charge in [-0.1, -0.05) is 29.3 Å². The zero-order chi connectivity index (χ0) is 13.1. The van der Waals surface area contributed by atoms with E-state index in [-0.39, 0.29) is 30.2 Å². The number of halogens is 3. The quantitative estimate of drug-likeness (QED) is 0.849. The Morgan fingerprint density at radius 1 is 1.37 bits per heavy atom. The number of benzene rings is 1. The second-order valence-electron chi connectivity index (χ2n) is 4.40. The van der Waals surface area contributed by atoms with Crippen LogP contribution >= 0.6 is 35.6 Å². The molecule has 1 aromatic carbocycles. The number of ether oxygens (including phenoxy) is 1. The Morgan fingerprint density at radius 3 is 2.74 bits per heavy atom. The fourth-order valence-electron chi connectivity index (χ4n) is 2.39. The highest BCUT2D eigenvalue weighted by molar-refractivity contribution is 6.42. The highest BCUT2D eigenvalue weighted by Crippen LogP contribution is 2.33. The number of carbonyl (C=O) groups is 1. The highest BCUT2D eigenvalue weighted by Gasteiger charge is 2.32. The van der Waals surface area contributed by atoms with Crippen molar-refractivity contribution >= 4 is 41.6 Å². The summed E-state index contributed by atoms with van der Waals surface area (Å²) in [6.45, 7) is 1.58. The molecular formula is C13H16Cl3NO2. The molecule has 2 atom stereocenters. The molecule has 6 heteroatoms. The molecule has 1 aliphatic rings. The molecule has 1 aliphatic heterocycles. The van der Waals surface area contributed by atoms with Crippen molar-refractivity contribution < 1.29 is 9.53 Å². The second kappa shape index (κ2) is 7.34. The molecule has 0 unspecified atom stereocenters. The molecule has 1 aromatic rings. The molecule has 0 bridgehead atoms. The van der Waals surface area contributed by atoms with Gasteiger partial charge in [-0.3, -0.25) is 4.79 Å². The first-order valence-electron chi connectivity index (χ1n) is 5.87. The molecule has 0 aliphatic carbocycles. The maximum absolute atomic E-state index is 11.8. The Kier molecular flexibility index (Phi) is 6.40. The number of methoxy groups -OCH3 is 1. The summed E-state index contributed by atoms with van der Waals surface area (Å²) in [4.78, 5) is 11.8. The van der Waals surface area contributed by atoms with Gasteiger partial charge in [-0.05, 0) is 30.7 Å². The number of hydrogen-bond donors (Lipinski definition) is 1. The fourth-order valence-corrected chi connectivity index (χ4v) is 2.69.